The number of aromatic nitrogens is 2. The van der Waals surface area contributed by atoms with Gasteiger partial charge in [0.25, 0.3) is 0 Å². The second kappa shape index (κ2) is 5.85. The predicted molar refractivity (Wildman–Crippen MR) is 65.5 cm³/mol. The number of carbonyl (C=O) groups excluding carboxylic acids is 2. The third kappa shape index (κ3) is 3.98. The average molecular weight is 269 g/mol. The number of urea groups is 1. The lowest BCUT2D eigenvalue weighted by Gasteiger charge is -2.13. The summed E-state index contributed by atoms with van der Waals surface area (Å²) < 4.78 is 0. The maximum absolute atomic E-state index is 11.6. The van der Waals surface area contributed by atoms with E-state index in [1.807, 2.05) is 0 Å². The molecule has 0 saturated carbocycles. The molecule has 0 radical (unpaired) electrons. The zero-order valence-electron chi connectivity index (χ0n) is 10.5. The molecule has 0 aliphatic rings. The number of primary amides is 1. The molecule has 0 aliphatic heterocycles. The molecule has 9 nitrogen and oxygen atoms in total. The van der Waals surface area contributed by atoms with Crippen LogP contribution < -0.4 is 16.4 Å². The van der Waals surface area contributed by atoms with Gasteiger partial charge in [-0.1, -0.05) is 0 Å². The zero-order valence-corrected chi connectivity index (χ0v) is 10.5. The standard InChI is InChI=1S/C10H15N5O4/c1-4-8(5(2)15-14-4)13-10(19)12-6(9(17)18)3-7(11)16/h6H,3H2,1-2H3,(H2,11,16)(H,14,15)(H,17,18)(H2,12,13,19). The van der Waals surface area contributed by atoms with Gasteiger partial charge in [-0.25, -0.2) is 9.59 Å². The van der Waals surface area contributed by atoms with Crippen LogP contribution in [0.25, 0.3) is 0 Å². The van der Waals surface area contributed by atoms with Gasteiger partial charge in [0.1, 0.15) is 6.04 Å². The van der Waals surface area contributed by atoms with Crippen LogP contribution in [0.15, 0.2) is 0 Å². The highest BCUT2D eigenvalue weighted by Gasteiger charge is 2.22. The number of aliphatic carboxylic acids is 1. The molecule has 1 unspecified atom stereocenters. The van der Waals surface area contributed by atoms with Crippen molar-refractivity contribution in [2.45, 2.75) is 26.3 Å². The first-order chi connectivity index (χ1) is 8.81. The molecule has 0 bridgehead atoms. The summed E-state index contributed by atoms with van der Waals surface area (Å²) >= 11 is 0. The monoisotopic (exact) mass is 269 g/mol. The van der Waals surface area contributed by atoms with Crippen LogP contribution in [0.2, 0.25) is 0 Å². The summed E-state index contributed by atoms with van der Waals surface area (Å²) in [6, 6.07) is -2.12. The van der Waals surface area contributed by atoms with Crippen molar-refractivity contribution in [3.8, 4) is 0 Å². The number of aromatic amines is 1. The average Bonchev–Trinajstić information content (AvgIpc) is 2.59. The second-order valence-corrected chi connectivity index (χ2v) is 3.97. The molecule has 1 aromatic heterocycles. The van der Waals surface area contributed by atoms with Crippen molar-refractivity contribution < 1.29 is 19.5 Å². The Morgan fingerprint density at radius 3 is 2.47 bits per heavy atom. The Bertz CT molecular complexity index is 491. The number of aryl methyl sites for hydroxylation is 2. The van der Waals surface area contributed by atoms with E-state index in [4.69, 9.17) is 10.8 Å². The predicted octanol–water partition coefficient (Wildman–Crippen LogP) is -0.523. The number of H-pyrrole nitrogens is 1. The van der Waals surface area contributed by atoms with Crippen LogP contribution in [-0.2, 0) is 9.59 Å². The number of carbonyl (C=O) groups is 3. The lowest BCUT2D eigenvalue weighted by Crippen LogP contribution is -2.45. The lowest BCUT2D eigenvalue weighted by atomic mass is 10.2. The molecule has 104 valence electrons. The minimum absolute atomic E-state index is 0.459. The van der Waals surface area contributed by atoms with Crippen molar-refractivity contribution in [1.29, 1.82) is 0 Å². The summed E-state index contributed by atoms with van der Waals surface area (Å²) in [5, 5.41) is 20.0. The number of nitrogens with zero attached hydrogens (tertiary/aromatic N) is 1. The molecule has 0 saturated heterocycles. The Hall–Kier alpha value is -2.58. The van der Waals surface area contributed by atoms with Gasteiger partial charge in [-0.2, -0.15) is 5.10 Å². The summed E-state index contributed by atoms with van der Waals surface area (Å²) in [5.41, 5.74) is 6.56. The number of nitrogens with one attached hydrogen (secondary N) is 3. The van der Waals surface area contributed by atoms with Crippen molar-refractivity contribution >= 4 is 23.6 Å². The summed E-state index contributed by atoms with van der Waals surface area (Å²) in [6.45, 7) is 3.38. The summed E-state index contributed by atoms with van der Waals surface area (Å²) in [4.78, 5) is 33.2. The van der Waals surface area contributed by atoms with Crippen LogP contribution in [0.1, 0.15) is 17.8 Å². The number of carboxylic acids is 1. The number of hydrogen-bond acceptors (Lipinski definition) is 4. The van der Waals surface area contributed by atoms with E-state index in [0.29, 0.717) is 17.1 Å². The third-order valence-corrected chi connectivity index (χ3v) is 2.38. The highest BCUT2D eigenvalue weighted by atomic mass is 16.4. The van der Waals surface area contributed by atoms with Gasteiger partial charge in [-0.15, -0.1) is 0 Å². The fourth-order valence-electron chi connectivity index (χ4n) is 1.44. The van der Waals surface area contributed by atoms with Gasteiger partial charge in [-0.05, 0) is 13.8 Å². The minimum Gasteiger partial charge on any atom is -0.480 e. The largest absolute Gasteiger partial charge is 0.480 e. The molecular weight excluding hydrogens is 254 g/mol. The van der Waals surface area contributed by atoms with Gasteiger partial charge in [0.15, 0.2) is 0 Å². The molecule has 0 aliphatic carbocycles. The first-order valence-electron chi connectivity index (χ1n) is 5.41. The highest BCUT2D eigenvalue weighted by Crippen LogP contribution is 2.15. The van der Waals surface area contributed by atoms with E-state index >= 15 is 0 Å². The van der Waals surface area contributed by atoms with E-state index < -0.39 is 30.4 Å². The number of nitrogens with two attached hydrogens (primary N) is 1. The normalized spacial score (nSPS) is 11.7. The van der Waals surface area contributed by atoms with Crippen LogP contribution in [0.3, 0.4) is 0 Å². The van der Waals surface area contributed by atoms with E-state index in [1.165, 1.54) is 0 Å². The number of rotatable bonds is 5. The van der Waals surface area contributed by atoms with E-state index in [9.17, 15) is 14.4 Å². The molecule has 0 aromatic carbocycles. The fraction of sp³-hybridized carbons (Fsp3) is 0.400. The third-order valence-electron chi connectivity index (χ3n) is 2.38. The first kappa shape index (κ1) is 14.5. The van der Waals surface area contributed by atoms with Crippen LogP contribution in [0.4, 0.5) is 10.5 Å². The van der Waals surface area contributed by atoms with Crippen molar-refractivity contribution in [1.82, 2.24) is 15.5 Å². The molecule has 1 heterocycles. The number of amides is 3. The smallest absolute Gasteiger partial charge is 0.326 e. The minimum atomic E-state index is -1.37. The Morgan fingerprint density at radius 1 is 1.42 bits per heavy atom. The zero-order chi connectivity index (χ0) is 14.6. The molecule has 0 fully saturated rings. The number of anilines is 1. The molecule has 1 atom stereocenters. The number of carboxylic acid groups (broad SMARTS) is 1. The molecular formula is C10H15N5O4. The van der Waals surface area contributed by atoms with Crippen molar-refractivity contribution in [2.75, 3.05) is 5.32 Å². The Balaban J connectivity index is 2.68. The lowest BCUT2D eigenvalue weighted by molar-refractivity contribution is -0.140. The van der Waals surface area contributed by atoms with E-state index in [1.54, 1.807) is 13.8 Å². The molecule has 0 spiro atoms. The Morgan fingerprint density at radius 2 is 2.05 bits per heavy atom. The Kier molecular flexibility index (Phi) is 4.46. The van der Waals surface area contributed by atoms with Gasteiger partial charge in [0.05, 0.1) is 23.5 Å². The first-order valence-corrected chi connectivity index (χ1v) is 5.41. The molecule has 19 heavy (non-hydrogen) atoms. The van der Waals surface area contributed by atoms with Gasteiger partial charge in [0, 0.05) is 0 Å². The molecule has 9 heteroatoms. The SMILES string of the molecule is Cc1n[nH]c(C)c1NC(=O)NC(CC(N)=O)C(=O)O. The topological polar surface area (TPSA) is 150 Å². The maximum Gasteiger partial charge on any atom is 0.326 e. The number of hydrogen-bond donors (Lipinski definition) is 5. The molecule has 1 aromatic rings. The molecule has 1 rings (SSSR count). The van der Waals surface area contributed by atoms with Crippen molar-refractivity contribution in [3.05, 3.63) is 11.4 Å². The van der Waals surface area contributed by atoms with Crippen molar-refractivity contribution in [3.63, 3.8) is 0 Å². The second-order valence-electron chi connectivity index (χ2n) is 3.97. The van der Waals surface area contributed by atoms with Crippen LogP contribution >= 0.6 is 0 Å². The van der Waals surface area contributed by atoms with E-state index in [2.05, 4.69) is 20.8 Å². The molecule has 3 amide bonds. The van der Waals surface area contributed by atoms with Crippen molar-refractivity contribution in [2.24, 2.45) is 5.73 Å². The van der Waals surface area contributed by atoms with Gasteiger partial charge >= 0.3 is 12.0 Å². The summed E-state index contributed by atoms with van der Waals surface area (Å²) in [5.74, 6) is -2.15. The highest BCUT2D eigenvalue weighted by molar-refractivity contribution is 5.94. The van der Waals surface area contributed by atoms with Crippen LogP contribution in [0.5, 0.6) is 0 Å². The molecule has 6 N–H and O–H groups in total. The quantitative estimate of drug-likeness (QED) is 0.487. The van der Waals surface area contributed by atoms with Gasteiger partial charge in [-0.3, -0.25) is 9.89 Å². The summed E-state index contributed by atoms with van der Waals surface area (Å²) in [6.07, 6.45) is -0.480. The van der Waals surface area contributed by atoms with E-state index in [-0.39, 0.29) is 0 Å². The fourth-order valence-corrected chi connectivity index (χ4v) is 1.44. The van der Waals surface area contributed by atoms with Crippen LogP contribution in [-0.4, -0.2) is 39.3 Å². The van der Waals surface area contributed by atoms with Gasteiger partial charge < -0.3 is 21.5 Å². The maximum atomic E-state index is 11.6. The van der Waals surface area contributed by atoms with Gasteiger partial charge in [0.2, 0.25) is 5.91 Å². The Labute approximate surface area is 108 Å². The summed E-state index contributed by atoms with van der Waals surface area (Å²) in [7, 11) is 0. The van der Waals surface area contributed by atoms with E-state index in [0.717, 1.165) is 0 Å². The van der Waals surface area contributed by atoms with Crippen LogP contribution in [0, 0.1) is 13.8 Å².